The Morgan fingerprint density at radius 3 is 3.06 bits per heavy atom. The highest BCUT2D eigenvalue weighted by Crippen LogP contribution is 2.35. The molecule has 1 fully saturated rings. The van der Waals surface area contributed by atoms with Crippen LogP contribution in [0.3, 0.4) is 0 Å². The third-order valence-electron chi connectivity index (χ3n) is 5.59. The third kappa shape index (κ3) is 3.66. The van der Waals surface area contributed by atoms with Crippen LogP contribution in [0, 0.1) is 0 Å². The summed E-state index contributed by atoms with van der Waals surface area (Å²) < 4.78 is 10.7. The molecule has 1 saturated heterocycles. The normalized spacial score (nSPS) is 18.1. The summed E-state index contributed by atoms with van der Waals surface area (Å²) in [6, 6.07) is 7.83. The topological polar surface area (TPSA) is 97.5 Å². The van der Waals surface area contributed by atoms with Crippen molar-refractivity contribution >= 4 is 29.2 Å². The van der Waals surface area contributed by atoms with Gasteiger partial charge in [0.15, 0.2) is 5.16 Å². The highest BCUT2D eigenvalue weighted by Gasteiger charge is 2.37. The number of hydrogen-bond donors (Lipinski definition) is 0. The van der Waals surface area contributed by atoms with Crippen LogP contribution in [-0.2, 0) is 11.3 Å². The highest BCUT2D eigenvalue weighted by molar-refractivity contribution is 7.98. The van der Waals surface area contributed by atoms with Gasteiger partial charge in [-0.15, -0.1) is 10.2 Å². The summed E-state index contributed by atoms with van der Waals surface area (Å²) in [7, 11) is 1.57. The lowest BCUT2D eigenvalue weighted by atomic mass is 10.1. The molecule has 0 spiro atoms. The van der Waals surface area contributed by atoms with Crippen molar-refractivity contribution in [2.75, 3.05) is 36.3 Å². The maximum Gasteiger partial charge on any atom is 0.263 e. The summed E-state index contributed by atoms with van der Waals surface area (Å²) in [4.78, 5) is 26.7. The van der Waals surface area contributed by atoms with E-state index >= 15 is 0 Å². The quantitative estimate of drug-likeness (QED) is 0.440. The summed E-state index contributed by atoms with van der Waals surface area (Å²) in [5.41, 5.74) is 2.07. The first-order valence-electron chi connectivity index (χ1n) is 10.1. The van der Waals surface area contributed by atoms with Gasteiger partial charge in [0.05, 0.1) is 0 Å². The molecule has 0 radical (unpaired) electrons. The number of methoxy groups -OCH3 is 1. The Balaban J connectivity index is 1.53. The number of anilines is 2. The van der Waals surface area contributed by atoms with Gasteiger partial charge in [-0.2, -0.15) is 0 Å². The van der Waals surface area contributed by atoms with Crippen molar-refractivity contribution in [3.63, 3.8) is 0 Å². The first kappa shape index (κ1) is 20.0. The Hall–Kier alpha value is -2.98. The number of benzene rings is 1. The van der Waals surface area contributed by atoms with Gasteiger partial charge in [0.25, 0.3) is 5.91 Å². The van der Waals surface area contributed by atoms with E-state index in [1.165, 1.54) is 11.8 Å². The summed E-state index contributed by atoms with van der Waals surface area (Å²) in [6.07, 6.45) is 5.69. The van der Waals surface area contributed by atoms with Gasteiger partial charge in [0.2, 0.25) is 11.8 Å². The smallest absolute Gasteiger partial charge is 0.263 e. The average molecular weight is 439 g/mol. The number of fused-ring (bicyclic) bond motifs is 3. The van der Waals surface area contributed by atoms with E-state index in [0.717, 1.165) is 36.5 Å². The minimum Gasteiger partial charge on any atom is -0.418 e. The number of amides is 1. The number of rotatable bonds is 5. The lowest BCUT2D eigenvalue weighted by Gasteiger charge is -2.27. The highest BCUT2D eigenvalue weighted by atomic mass is 32.2. The summed E-state index contributed by atoms with van der Waals surface area (Å²) in [6.45, 7) is 1.74. The van der Waals surface area contributed by atoms with E-state index in [1.54, 1.807) is 13.3 Å². The zero-order valence-electron chi connectivity index (χ0n) is 17.3. The number of nitrogens with zero attached hydrogens (tertiary/aromatic N) is 6. The van der Waals surface area contributed by atoms with Gasteiger partial charge < -0.3 is 19.0 Å². The fraction of sp³-hybridized carbons (Fsp3) is 0.381. The van der Waals surface area contributed by atoms with Crippen LogP contribution in [0.2, 0.25) is 0 Å². The molecule has 9 nitrogen and oxygen atoms in total. The molecule has 0 bridgehead atoms. The molecule has 0 saturated carbocycles. The molecule has 0 N–H and O–H groups in total. The van der Waals surface area contributed by atoms with E-state index in [-0.39, 0.29) is 18.6 Å². The molecule has 1 aromatic carbocycles. The van der Waals surface area contributed by atoms with E-state index < -0.39 is 0 Å². The number of carbonyl (C=O) groups is 1. The second-order valence-electron chi connectivity index (χ2n) is 7.48. The van der Waals surface area contributed by atoms with E-state index in [0.29, 0.717) is 29.0 Å². The molecule has 2 aromatic heterocycles. The monoisotopic (exact) mass is 438 g/mol. The number of thioether (sulfide) groups is 1. The molecule has 1 amide bonds. The first-order chi connectivity index (χ1) is 15.2. The maximum absolute atomic E-state index is 13.5. The van der Waals surface area contributed by atoms with Crippen LogP contribution in [0.1, 0.15) is 29.1 Å². The second-order valence-corrected chi connectivity index (χ2v) is 8.26. The lowest BCUT2D eigenvalue weighted by molar-refractivity contribution is 0.0988. The Bertz CT molecular complexity index is 1120. The summed E-state index contributed by atoms with van der Waals surface area (Å²) in [5, 5.41) is 8.78. The summed E-state index contributed by atoms with van der Waals surface area (Å²) in [5.74, 6) is 1.45. The van der Waals surface area contributed by atoms with Crippen molar-refractivity contribution in [1.29, 1.82) is 0 Å². The van der Waals surface area contributed by atoms with Gasteiger partial charge in [-0.05, 0) is 37.3 Å². The van der Waals surface area contributed by atoms with Crippen LogP contribution >= 0.6 is 11.8 Å². The molecule has 31 heavy (non-hydrogen) atoms. The minimum absolute atomic E-state index is 0.0974. The van der Waals surface area contributed by atoms with Gasteiger partial charge in [0, 0.05) is 43.7 Å². The van der Waals surface area contributed by atoms with Gasteiger partial charge in [-0.1, -0.05) is 17.8 Å². The van der Waals surface area contributed by atoms with Crippen molar-refractivity contribution in [1.82, 2.24) is 20.2 Å². The molecule has 3 aromatic rings. The molecular formula is C21H22N6O3S. The predicted octanol–water partition coefficient (Wildman–Crippen LogP) is 3.02. The van der Waals surface area contributed by atoms with Crippen LogP contribution in [-0.4, -0.2) is 58.6 Å². The Labute approximate surface area is 183 Å². The third-order valence-corrected chi connectivity index (χ3v) is 6.15. The largest absolute Gasteiger partial charge is 0.418 e. The van der Waals surface area contributed by atoms with Gasteiger partial charge >= 0.3 is 0 Å². The number of aromatic nitrogens is 4. The molecule has 4 heterocycles. The van der Waals surface area contributed by atoms with Crippen molar-refractivity contribution in [2.45, 2.75) is 30.6 Å². The number of hydrogen-bond acceptors (Lipinski definition) is 9. The Morgan fingerprint density at radius 1 is 1.32 bits per heavy atom. The second kappa shape index (κ2) is 8.27. The molecule has 160 valence electrons. The molecule has 10 heteroatoms. The Kier molecular flexibility index (Phi) is 5.33. The molecule has 0 unspecified atom stereocenters. The van der Waals surface area contributed by atoms with Crippen molar-refractivity contribution in [3.05, 3.63) is 41.9 Å². The van der Waals surface area contributed by atoms with Gasteiger partial charge in [-0.3, -0.25) is 4.79 Å². The standard InChI is InChI=1S/C21H22N6O3S/c1-29-12-17-24-25-19(30-17)13-5-3-6-14(9-13)27-11-15-7-4-8-26(15)18-16(20(27)28)10-22-21(23-18)31-2/h3,5-6,9-10,15H,4,7-8,11-12H2,1-2H3/t15-/m0/s1. The van der Waals surface area contributed by atoms with Crippen molar-refractivity contribution in [3.8, 4) is 11.5 Å². The van der Waals surface area contributed by atoms with E-state index in [9.17, 15) is 4.79 Å². The van der Waals surface area contributed by atoms with Crippen molar-refractivity contribution in [2.24, 2.45) is 0 Å². The van der Waals surface area contributed by atoms with Crippen LogP contribution < -0.4 is 9.80 Å². The molecule has 0 aliphatic carbocycles. The zero-order valence-corrected chi connectivity index (χ0v) is 18.1. The van der Waals surface area contributed by atoms with E-state index in [4.69, 9.17) is 9.15 Å². The average Bonchev–Trinajstić information content (AvgIpc) is 3.44. The van der Waals surface area contributed by atoms with Crippen molar-refractivity contribution < 1.29 is 13.9 Å². The minimum atomic E-state index is -0.0974. The Morgan fingerprint density at radius 2 is 2.23 bits per heavy atom. The predicted molar refractivity (Wildman–Crippen MR) is 116 cm³/mol. The van der Waals surface area contributed by atoms with Crippen LogP contribution in [0.4, 0.5) is 11.5 Å². The number of carbonyl (C=O) groups excluding carboxylic acids is 1. The van der Waals surface area contributed by atoms with Crippen LogP contribution in [0.5, 0.6) is 0 Å². The molecule has 1 atom stereocenters. The molecule has 2 aliphatic rings. The molecule has 2 aliphatic heterocycles. The lowest BCUT2D eigenvalue weighted by Crippen LogP contribution is -2.39. The maximum atomic E-state index is 13.5. The fourth-order valence-corrected chi connectivity index (χ4v) is 4.49. The zero-order chi connectivity index (χ0) is 21.4. The van der Waals surface area contributed by atoms with Gasteiger partial charge in [-0.25, -0.2) is 9.97 Å². The SMILES string of the molecule is COCc1nnc(-c2cccc(N3C[C@@H]4CCCN4c4nc(SC)ncc4C3=O)c2)o1. The first-order valence-corrected chi connectivity index (χ1v) is 11.3. The number of ether oxygens (including phenoxy) is 1. The van der Waals surface area contributed by atoms with E-state index in [1.807, 2.05) is 35.4 Å². The molecular weight excluding hydrogens is 416 g/mol. The summed E-state index contributed by atoms with van der Waals surface area (Å²) >= 11 is 1.48. The van der Waals surface area contributed by atoms with Crippen LogP contribution in [0.25, 0.3) is 11.5 Å². The van der Waals surface area contributed by atoms with E-state index in [2.05, 4.69) is 25.1 Å². The fourth-order valence-electron chi connectivity index (χ4n) is 4.15. The molecule has 5 rings (SSSR count). The van der Waals surface area contributed by atoms with Crippen LogP contribution in [0.15, 0.2) is 40.0 Å². The van der Waals surface area contributed by atoms with Gasteiger partial charge in [0.1, 0.15) is 18.0 Å².